The summed E-state index contributed by atoms with van der Waals surface area (Å²) in [7, 11) is 0. The molecule has 2 rings (SSSR count). The van der Waals surface area contributed by atoms with Crippen molar-refractivity contribution < 1.29 is 18.8 Å². The van der Waals surface area contributed by atoms with Crippen molar-refractivity contribution in [3.8, 4) is 5.88 Å². The van der Waals surface area contributed by atoms with Crippen LogP contribution in [0.15, 0.2) is 34.9 Å². The Labute approximate surface area is 134 Å². The number of benzene rings is 1. The summed E-state index contributed by atoms with van der Waals surface area (Å²) in [4.78, 5) is 23.4. The number of amides is 2. The Morgan fingerprint density at radius 3 is 2.30 bits per heavy atom. The number of aromatic nitrogens is 1. The fourth-order valence-corrected chi connectivity index (χ4v) is 1.67. The number of carbonyl (C=O) groups is 2. The number of hydrogen-bond acceptors (Lipinski definition) is 5. The lowest BCUT2D eigenvalue weighted by Gasteiger charge is -2.09. The van der Waals surface area contributed by atoms with Crippen LogP contribution in [-0.4, -0.2) is 23.6 Å². The van der Waals surface area contributed by atoms with Crippen LogP contribution in [0.25, 0.3) is 0 Å². The summed E-state index contributed by atoms with van der Waals surface area (Å²) in [5, 5.41) is 9.09. The molecule has 1 heterocycles. The molecule has 0 radical (unpaired) electrons. The average molecular weight is 317 g/mol. The molecule has 1 aromatic carbocycles. The van der Waals surface area contributed by atoms with Crippen LogP contribution in [0.3, 0.4) is 0 Å². The molecule has 2 N–H and O–H groups in total. The van der Waals surface area contributed by atoms with E-state index in [1.54, 1.807) is 37.3 Å². The third-order valence-corrected chi connectivity index (χ3v) is 2.92. The van der Waals surface area contributed by atoms with Crippen LogP contribution in [0.1, 0.15) is 19.6 Å². The van der Waals surface area contributed by atoms with Crippen molar-refractivity contribution in [2.75, 3.05) is 17.2 Å². The van der Waals surface area contributed by atoms with Gasteiger partial charge in [-0.3, -0.25) is 9.59 Å². The first-order chi connectivity index (χ1) is 10.9. The van der Waals surface area contributed by atoms with Gasteiger partial charge in [-0.2, -0.15) is 0 Å². The Kier molecular flexibility index (Phi) is 5.35. The van der Waals surface area contributed by atoms with Gasteiger partial charge in [0.15, 0.2) is 6.61 Å². The fourth-order valence-electron chi connectivity index (χ4n) is 1.67. The van der Waals surface area contributed by atoms with E-state index in [0.29, 0.717) is 17.1 Å². The number of aryl methyl sites for hydroxylation is 1. The number of nitrogens with zero attached hydrogens (tertiary/aromatic N) is 1. The zero-order valence-electron chi connectivity index (χ0n) is 13.3. The zero-order chi connectivity index (χ0) is 16.8. The summed E-state index contributed by atoms with van der Waals surface area (Å²) >= 11 is 0. The lowest BCUT2D eigenvalue weighted by Crippen LogP contribution is -2.20. The Balaban J connectivity index is 1.83. The van der Waals surface area contributed by atoms with Gasteiger partial charge in [0, 0.05) is 23.4 Å². The predicted octanol–water partition coefficient (Wildman–Crippen LogP) is 2.60. The van der Waals surface area contributed by atoms with Gasteiger partial charge < -0.3 is 19.9 Å². The van der Waals surface area contributed by atoms with E-state index in [2.05, 4.69) is 15.8 Å². The van der Waals surface area contributed by atoms with E-state index in [9.17, 15) is 9.59 Å². The first-order valence-corrected chi connectivity index (χ1v) is 7.21. The van der Waals surface area contributed by atoms with E-state index >= 15 is 0 Å². The van der Waals surface area contributed by atoms with E-state index in [4.69, 9.17) is 9.26 Å². The molecule has 0 aliphatic heterocycles. The summed E-state index contributed by atoms with van der Waals surface area (Å²) in [6.07, 6.45) is 0. The second kappa shape index (κ2) is 7.44. The highest BCUT2D eigenvalue weighted by molar-refractivity contribution is 5.94. The number of nitrogens with one attached hydrogen (secondary N) is 2. The molecular formula is C16H19N3O4. The average Bonchev–Trinajstić information content (AvgIpc) is 2.92. The first-order valence-electron chi connectivity index (χ1n) is 7.21. The third kappa shape index (κ3) is 5.14. The highest BCUT2D eigenvalue weighted by atomic mass is 16.5. The smallest absolute Gasteiger partial charge is 0.262 e. The van der Waals surface area contributed by atoms with Crippen molar-refractivity contribution in [3.05, 3.63) is 36.1 Å². The minimum absolute atomic E-state index is 0.0573. The van der Waals surface area contributed by atoms with Crippen molar-refractivity contribution in [1.82, 2.24) is 5.16 Å². The molecular weight excluding hydrogens is 298 g/mol. The number of anilines is 2. The van der Waals surface area contributed by atoms with Crippen molar-refractivity contribution in [2.24, 2.45) is 5.92 Å². The van der Waals surface area contributed by atoms with Crippen LogP contribution in [0, 0.1) is 12.8 Å². The number of carbonyl (C=O) groups excluding carboxylic acids is 2. The molecule has 7 heteroatoms. The Morgan fingerprint density at radius 1 is 1.17 bits per heavy atom. The Morgan fingerprint density at radius 2 is 1.78 bits per heavy atom. The van der Waals surface area contributed by atoms with Gasteiger partial charge in [-0.15, -0.1) is 0 Å². The largest absolute Gasteiger partial charge is 0.465 e. The van der Waals surface area contributed by atoms with Crippen molar-refractivity contribution in [1.29, 1.82) is 0 Å². The van der Waals surface area contributed by atoms with Gasteiger partial charge in [-0.25, -0.2) is 0 Å². The minimum atomic E-state index is -0.315. The molecule has 0 aliphatic carbocycles. The van der Waals surface area contributed by atoms with Gasteiger partial charge in [0.1, 0.15) is 5.76 Å². The van der Waals surface area contributed by atoms with E-state index < -0.39 is 0 Å². The lowest BCUT2D eigenvalue weighted by molar-refractivity contribution is -0.119. The predicted molar refractivity (Wildman–Crippen MR) is 85.3 cm³/mol. The van der Waals surface area contributed by atoms with Crippen molar-refractivity contribution in [2.45, 2.75) is 20.8 Å². The third-order valence-electron chi connectivity index (χ3n) is 2.92. The monoisotopic (exact) mass is 317 g/mol. The van der Waals surface area contributed by atoms with Crippen LogP contribution in [0.2, 0.25) is 0 Å². The maximum Gasteiger partial charge on any atom is 0.262 e. The van der Waals surface area contributed by atoms with E-state index in [-0.39, 0.29) is 30.2 Å². The van der Waals surface area contributed by atoms with E-state index in [0.717, 1.165) is 0 Å². The molecule has 0 unspecified atom stereocenters. The molecule has 23 heavy (non-hydrogen) atoms. The summed E-state index contributed by atoms with van der Waals surface area (Å²) in [6, 6.07) is 8.44. The highest BCUT2D eigenvalue weighted by Gasteiger charge is 2.08. The van der Waals surface area contributed by atoms with Crippen molar-refractivity contribution in [3.63, 3.8) is 0 Å². The molecule has 0 atom stereocenters. The molecule has 2 aromatic rings. The summed E-state index contributed by atoms with van der Waals surface area (Å²) in [5.41, 5.74) is 1.29. The number of rotatable bonds is 6. The standard InChI is InChI=1S/C16H19N3O4/c1-10(2)16(21)18-13-6-4-12(5-7-13)17-14(20)9-22-15-8-11(3)23-19-15/h4-8,10H,9H2,1-3H3,(H,17,20)(H,18,21). The molecule has 122 valence electrons. The number of ether oxygens (including phenoxy) is 1. The molecule has 0 bridgehead atoms. The van der Waals surface area contributed by atoms with Crippen LogP contribution >= 0.6 is 0 Å². The van der Waals surface area contributed by atoms with Gasteiger partial charge in [-0.05, 0) is 36.3 Å². The van der Waals surface area contributed by atoms with Crippen LogP contribution in [0.4, 0.5) is 11.4 Å². The first kappa shape index (κ1) is 16.5. The van der Waals surface area contributed by atoms with Gasteiger partial charge in [-0.1, -0.05) is 13.8 Å². The maximum atomic E-state index is 11.8. The van der Waals surface area contributed by atoms with Crippen LogP contribution in [0.5, 0.6) is 5.88 Å². The van der Waals surface area contributed by atoms with Gasteiger partial charge in [0.25, 0.3) is 11.8 Å². The molecule has 0 saturated heterocycles. The molecule has 7 nitrogen and oxygen atoms in total. The molecule has 0 fully saturated rings. The summed E-state index contributed by atoms with van der Waals surface area (Å²) < 4.78 is 10.0. The van der Waals surface area contributed by atoms with Gasteiger partial charge in [0.05, 0.1) is 0 Å². The topological polar surface area (TPSA) is 93.5 Å². The minimum Gasteiger partial charge on any atom is -0.465 e. The van der Waals surface area contributed by atoms with E-state index in [1.807, 2.05) is 13.8 Å². The van der Waals surface area contributed by atoms with Crippen LogP contribution in [-0.2, 0) is 9.59 Å². The second-order valence-electron chi connectivity index (χ2n) is 5.33. The van der Waals surface area contributed by atoms with Gasteiger partial charge >= 0.3 is 0 Å². The SMILES string of the molecule is Cc1cc(OCC(=O)Nc2ccc(NC(=O)C(C)C)cc2)no1. The zero-order valence-corrected chi connectivity index (χ0v) is 13.3. The van der Waals surface area contributed by atoms with E-state index in [1.165, 1.54) is 0 Å². The highest BCUT2D eigenvalue weighted by Crippen LogP contribution is 2.15. The van der Waals surface area contributed by atoms with Gasteiger partial charge in [0.2, 0.25) is 5.91 Å². The molecule has 0 saturated carbocycles. The summed E-state index contributed by atoms with van der Waals surface area (Å²) in [6.45, 7) is 5.21. The summed E-state index contributed by atoms with van der Waals surface area (Å²) in [5.74, 6) is 0.415. The fraction of sp³-hybridized carbons (Fsp3) is 0.312. The Hall–Kier alpha value is -2.83. The lowest BCUT2D eigenvalue weighted by atomic mass is 10.2. The molecule has 1 aromatic heterocycles. The second-order valence-corrected chi connectivity index (χ2v) is 5.33. The quantitative estimate of drug-likeness (QED) is 0.854. The maximum absolute atomic E-state index is 11.8. The van der Waals surface area contributed by atoms with Crippen molar-refractivity contribution >= 4 is 23.2 Å². The number of hydrogen-bond donors (Lipinski definition) is 2. The molecule has 0 aliphatic rings. The van der Waals surface area contributed by atoms with Crippen LogP contribution < -0.4 is 15.4 Å². The Bertz CT molecular complexity index is 677. The molecule has 2 amide bonds. The normalized spacial score (nSPS) is 10.4. The molecule has 0 spiro atoms.